The van der Waals surface area contributed by atoms with E-state index in [9.17, 15) is 18.0 Å². The Kier molecular flexibility index (Phi) is 6.62. The molecule has 24 heavy (non-hydrogen) atoms. The van der Waals surface area contributed by atoms with Crippen LogP contribution in [0.25, 0.3) is 0 Å². The Bertz CT molecular complexity index is 550. The smallest absolute Gasteiger partial charge is 0.244 e. The molecule has 8 heteroatoms. The van der Waals surface area contributed by atoms with E-state index in [0.29, 0.717) is 26.2 Å². The van der Waals surface area contributed by atoms with Gasteiger partial charge in [-0.3, -0.25) is 9.59 Å². The number of piperazine rings is 1. The van der Waals surface area contributed by atoms with Crippen LogP contribution in [0.4, 0.5) is 0 Å². The maximum absolute atomic E-state index is 12.5. The zero-order valence-corrected chi connectivity index (χ0v) is 15.5. The van der Waals surface area contributed by atoms with E-state index in [-0.39, 0.29) is 23.5 Å². The molecule has 0 spiro atoms. The van der Waals surface area contributed by atoms with Gasteiger partial charge in [-0.15, -0.1) is 0 Å². The van der Waals surface area contributed by atoms with Crippen molar-refractivity contribution in [3.63, 3.8) is 0 Å². The Morgan fingerprint density at radius 2 is 1.67 bits per heavy atom. The third-order valence-corrected chi connectivity index (χ3v) is 6.90. The summed E-state index contributed by atoms with van der Waals surface area (Å²) in [5.41, 5.74) is 0. The maximum atomic E-state index is 12.5. The second-order valence-corrected chi connectivity index (χ2v) is 8.95. The molecule has 1 atom stereocenters. The van der Waals surface area contributed by atoms with E-state index in [4.69, 9.17) is 0 Å². The molecule has 1 saturated carbocycles. The summed E-state index contributed by atoms with van der Waals surface area (Å²) in [7, 11) is -3.20. The summed E-state index contributed by atoms with van der Waals surface area (Å²) in [6.07, 6.45) is 5.15. The zero-order valence-electron chi connectivity index (χ0n) is 14.7. The summed E-state index contributed by atoms with van der Waals surface area (Å²) in [5.74, 6) is -0.0505. The number of hydrogen-bond acceptors (Lipinski definition) is 4. The molecule has 0 aromatic heterocycles. The lowest BCUT2D eigenvalue weighted by Crippen LogP contribution is -2.55. The highest BCUT2D eigenvalue weighted by Gasteiger charge is 2.31. The van der Waals surface area contributed by atoms with Crippen molar-refractivity contribution in [3.05, 3.63) is 0 Å². The minimum Gasteiger partial charge on any atom is -0.344 e. The van der Waals surface area contributed by atoms with Crippen LogP contribution >= 0.6 is 0 Å². The number of nitrogens with one attached hydrogen (secondary N) is 1. The van der Waals surface area contributed by atoms with Gasteiger partial charge in [0.05, 0.1) is 5.75 Å². The van der Waals surface area contributed by atoms with E-state index < -0.39 is 16.1 Å². The molecule has 1 heterocycles. The van der Waals surface area contributed by atoms with Crippen LogP contribution in [0.15, 0.2) is 0 Å². The largest absolute Gasteiger partial charge is 0.344 e. The normalized spacial score (nSPS) is 22.2. The minimum atomic E-state index is -3.20. The van der Waals surface area contributed by atoms with Crippen LogP contribution in [0.3, 0.4) is 0 Å². The Labute approximate surface area is 144 Å². The number of amides is 2. The molecule has 2 aliphatic rings. The fourth-order valence-electron chi connectivity index (χ4n) is 3.40. The predicted octanol–water partition coefficient (Wildman–Crippen LogP) is 0.565. The van der Waals surface area contributed by atoms with Crippen molar-refractivity contribution in [2.75, 3.05) is 31.9 Å². The third-order valence-electron chi connectivity index (χ3n) is 5.01. The van der Waals surface area contributed by atoms with Crippen LogP contribution in [-0.2, 0) is 19.6 Å². The first-order valence-electron chi connectivity index (χ1n) is 8.92. The Morgan fingerprint density at radius 3 is 2.21 bits per heavy atom. The molecule has 1 saturated heterocycles. The van der Waals surface area contributed by atoms with Gasteiger partial charge in [-0.2, -0.15) is 4.31 Å². The van der Waals surface area contributed by atoms with E-state index >= 15 is 0 Å². The standard InChI is InChI=1S/C16H29N3O4S/c1-3-24(22,23)19-11-9-18(10-12-19)16(21)13(2)17-15(20)14-7-5-4-6-8-14/h13-14H,3-12H2,1-2H3,(H,17,20). The molecule has 2 rings (SSSR count). The van der Waals surface area contributed by atoms with E-state index in [2.05, 4.69) is 5.32 Å². The minimum absolute atomic E-state index is 0.0252. The van der Waals surface area contributed by atoms with Crippen molar-refractivity contribution in [3.8, 4) is 0 Å². The van der Waals surface area contributed by atoms with Crippen LogP contribution in [0.1, 0.15) is 46.0 Å². The van der Waals surface area contributed by atoms with Crippen molar-refractivity contribution >= 4 is 21.8 Å². The molecule has 1 aliphatic carbocycles. The van der Waals surface area contributed by atoms with Crippen molar-refractivity contribution < 1.29 is 18.0 Å². The quantitative estimate of drug-likeness (QED) is 0.777. The molecular weight excluding hydrogens is 330 g/mol. The Balaban J connectivity index is 1.82. The second kappa shape index (κ2) is 8.29. The number of hydrogen-bond donors (Lipinski definition) is 1. The molecular formula is C16H29N3O4S. The summed E-state index contributed by atoms with van der Waals surface area (Å²) >= 11 is 0. The molecule has 2 fully saturated rings. The molecule has 0 aromatic rings. The van der Waals surface area contributed by atoms with Crippen molar-refractivity contribution in [2.45, 2.75) is 52.0 Å². The fraction of sp³-hybridized carbons (Fsp3) is 0.875. The van der Waals surface area contributed by atoms with Crippen LogP contribution in [-0.4, -0.2) is 67.4 Å². The van der Waals surface area contributed by atoms with Gasteiger partial charge in [0.15, 0.2) is 0 Å². The van der Waals surface area contributed by atoms with Gasteiger partial charge >= 0.3 is 0 Å². The van der Waals surface area contributed by atoms with Gasteiger partial charge in [-0.1, -0.05) is 19.3 Å². The Hall–Kier alpha value is -1.15. The molecule has 1 aliphatic heterocycles. The van der Waals surface area contributed by atoms with Gasteiger partial charge in [0.25, 0.3) is 0 Å². The maximum Gasteiger partial charge on any atom is 0.244 e. The van der Waals surface area contributed by atoms with Gasteiger partial charge in [-0.05, 0) is 26.7 Å². The Morgan fingerprint density at radius 1 is 1.08 bits per heavy atom. The lowest BCUT2D eigenvalue weighted by Gasteiger charge is -2.35. The fourth-order valence-corrected chi connectivity index (χ4v) is 4.49. The molecule has 2 amide bonds. The highest BCUT2D eigenvalue weighted by Crippen LogP contribution is 2.23. The highest BCUT2D eigenvalue weighted by molar-refractivity contribution is 7.89. The van der Waals surface area contributed by atoms with Gasteiger partial charge < -0.3 is 10.2 Å². The molecule has 0 aromatic carbocycles. The third kappa shape index (κ3) is 4.69. The van der Waals surface area contributed by atoms with Gasteiger partial charge in [0, 0.05) is 32.1 Å². The average molecular weight is 359 g/mol. The van der Waals surface area contributed by atoms with Crippen LogP contribution in [0.5, 0.6) is 0 Å². The van der Waals surface area contributed by atoms with Crippen LogP contribution < -0.4 is 5.32 Å². The molecule has 138 valence electrons. The summed E-state index contributed by atoms with van der Waals surface area (Å²) < 4.78 is 25.1. The van der Waals surface area contributed by atoms with Gasteiger partial charge in [-0.25, -0.2) is 8.42 Å². The van der Waals surface area contributed by atoms with E-state index in [1.165, 1.54) is 10.7 Å². The SMILES string of the molecule is CCS(=O)(=O)N1CCN(C(=O)C(C)NC(=O)C2CCCCC2)CC1. The van der Waals surface area contributed by atoms with E-state index in [1.807, 2.05) is 0 Å². The number of nitrogens with zero attached hydrogens (tertiary/aromatic N) is 2. The van der Waals surface area contributed by atoms with Crippen molar-refractivity contribution in [1.82, 2.24) is 14.5 Å². The molecule has 1 N–H and O–H groups in total. The summed E-state index contributed by atoms with van der Waals surface area (Å²) in [5, 5.41) is 2.84. The second-order valence-electron chi connectivity index (χ2n) is 6.69. The van der Waals surface area contributed by atoms with Crippen molar-refractivity contribution in [1.29, 1.82) is 0 Å². The molecule has 7 nitrogen and oxygen atoms in total. The number of rotatable bonds is 5. The number of sulfonamides is 1. The molecule has 0 radical (unpaired) electrons. The molecule has 0 bridgehead atoms. The van der Waals surface area contributed by atoms with Gasteiger partial charge in [0.1, 0.15) is 6.04 Å². The highest BCUT2D eigenvalue weighted by atomic mass is 32.2. The van der Waals surface area contributed by atoms with Crippen LogP contribution in [0.2, 0.25) is 0 Å². The molecule has 1 unspecified atom stereocenters. The first-order chi connectivity index (χ1) is 11.3. The van der Waals surface area contributed by atoms with E-state index in [1.54, 1.807) is 18.7 Å². The van der Waals surface area contributed by atoms with Gasteiger partial charge in [0.2, 0.25) is 21.8 Å². The lowest BCUT2D eigenvalue weighted by atomic mass is 9.88. The topological polar surface area (TPSA) is 86.8 Å². The summed E-state index contributed by atoms with van der Waals surface area (Å²) in [4.78, 5) is 26.4. The van der Waals surface area contributed by atoms with Crippen molar-refractivity contribution in [2.24, 2.45) is 5.92 Å². The average Bonchev–Trinajstić information content (AvgIpc) is 2.61. The van der Waals surface area contributed by atoms with E-state index in [0.717, 1.165) is 25.7 Å². The summed E-state index contributed by atoms with van der Waals surface area (Å²) in [6.45, 7) is 4.73. The lowest BCUT2D eigenvalue weighted by molar-refractivity contribution is -0.138. The van der Waals surface area contributed by atoms with Crippen LogP contribution in [0, 0.1) is 5.92 Å². The number of carbonyl (C=O) groups excluding carboxylic acids is 2. The number of carbonyl (C=O) groups is 2. The zero-order chi connectivity index (χ0) is 17.7. The predicted molar refractivity (Wildman–Crippen MR) is 91.8 cm³/mol. The first kappa shape index (κ1) is 19.2. The summed E-state index contributed by atoms with van der Waals surface area (Å²) in [6, 6.07) is -0.561. The monoisotopic (exact) mass is 359 g/mol. The first-order valence-corrected chi connectivity index (χ1v) is 10.5.